The van der Waals surface area contributed by atoms with Crippen LogP contribution in [0.15, 0.2) is 41.8 Å². The largest absolute Gasteiger partial charge is 0.496 e. The molecule has 0 saturated carbocycles. The van der Waals surface area contributed by atoms with Crippen LogP contribution >= 0.6 is 11.3 Å². The zero-order chi connectivity index (χ0) is 18.8. The molecule has 7 heteroatoms. The van der Waals surface area contributed by atoms with Crippen LogP contribution in [-0.2, 0) is 4.74 Å². The molecular weight excluding hydrogens is 362 g/mol. The first-order valence-corrected chi connectivity index (χ1v) is 9.69. The van der Waals surface area contributed by atoms with Crippen LogP contribution in [0.2, 0.25) is 0 Å². The number of hydrogen-bond acceptors (Lipinski definition) is 5. The molecule has 0 spiro atoms. The van der Waals surface area contributed by atoms with Crippen LogP contribution < -0.4 is 4.74 Å². The number of hydrogen-bond donors (Lipinski definition) is 1. The Morgan fingerprint density at radius 2 is 2.07 bits per heavy atom. The molecule has 1 amide bonds. The van der Waals surface area contributed by atoms with Crippen LogP contribution in [0, 0.1) is 0 Å². The summed E-state index contributed by atoms with van der Waals surface area (Å²) < 4.78 is 10.8. The van der Waals surface area contributed by atoms with Crippen molar-refractivity contribution >= 4 is 17.2 Å². The van der Waals surface area contributed by atoms with E-state index in [2.05, 4.69) is 10.2 Å². The number of aromatic amines is 1. The lowest BCUT2D eigenvalue weighted by atomic mass is 9.97. The third kappa shape index (κ3) is 3.02. The SMILES string of the molecule is COCCCN1C(=O)c2n[nH]c(-c3cccs3)c2C1c1ccccc1OC. The van der Waals surface area contributed by atoms with Crippen LogP contribution in [-0.4, -0.2) is 48.4 Å². The van der Waals surface area contributed by atoms with Crippen molar-refractivity contribution in [3.63, 3.8) is 0 Å². The Balaban J connectivity index is 1.84. The highest BCUT2D eigenvalue weighted by atomic mass is 32.1. The molecule has 0 aliphatic carbocycles. The Kier molecular flexibility index (Phi) is 4.96. The fourth-order valence-electron chi connectivity index (χ4n) is 3.62. The maximum Gasteiger partial charge on any atom is 0.275 e. The third-order valence-electron chi connectivity index (χ3n) is 4.80. The van der Waals surface area contributed by atoms with Crippen molar-refractivity contribution in [3.8, 4) is 16.3 Å². The monoisotopic (exact) mass is 383 g/mol. The summed E-state index contributed by atoms with van der Waals surface area (Å²) in [5.41, 5.74) is 3.28. The van der Waals surface area contributed by atoms with Crippen molar-refractivity contribution in [3.05, 3.63) is 58.6 Å². The van der Waals surface area contributed by atoms with E-state index in [0.717, 1.165) is 33.9 Å². The summed E-state index contributed by atoms with van der Waals surface area (Å²) in [7, 11) is 3.32. The second-order valence-electron chi connectivity index (χ2n) is 6.33. The molecule has 2 aromatic heterocycles. The number of nitrogens with zero attached hydrogens (tertiary/aromatic N) is 2. The van der Waals surface area contributed by atoms with Crippen molar-refractivity contribution < 1.29 is 14.3 Å². The molecule has 0 saturated heterocycles. The van der Waals surface area contributed by atoms with Gasteiger partial charge in [0.1, 0.15) is 5.75 Å². The summed E-state index contributed by atoms with van der Waals surface area (Å²) in [6.45, 7) is 1.19. The molecule has 0 fully saturated rings. The molecule has 3 heterocycles. The van der Waals surface area contributed by atoms with Crippen molar-refractivity contribution in [2.24, 2.45) is 0 Å². The Bertz CT molecular complexity index is 936. The number of para-hydroxylation sites is 1. The fourth-order valence-corrected chi connectivity index (χ4v) is 4.36. The van der Waals surface area contributed by atoms with Crippen molar-refractivity contribution in [2.45, 2.75) is 12.5 Å². The maximum atomic E-state index is 13.1. The molecule has 6 nitrogen and oxygen atoms in total. The number of carbonyl (C=O) groups is 1. The number of amides is 1. The molecule has 1 atom stereocenters. The van der Waals surface area contributed by atoms with E-state index in [-0.39, 0.29) is 11.9 Å². The van der Waals surface area contributed by atoms with Gasteiger partial charge in [0.15, 0.2) is 5.69 Å². The molecule has 1 unspecified atom stereocenters. The van der Waals surface area contributed by atoms with Gasteiger partial charge in [-0.1, -0.05) is 24.3 Å². The summed E-state index contributed by atoms with van der Waals surface area (Å²) in [5.74, 6) is 0.703. The number of rotatable bonds is 7. The number of methoxy groups -OCH3 is 2. The van der Waals surface area contributed by atoms with Gasteiger partial charge in [-0.15, -0.1) is 11.3 Å². The van der Waals surface area contributed by atoms with E-state index >= 15 is 0 Å². The quantitative estimate of drug-likeness (QED) is 0.631. The fraction of sp³-hybridized carbons (Fsp3) is 0.300. The molecule has 0 radical (unpaired) electrons. The molecule has 1 aromatic carbocycles. The molecule has 4 rings (SSSR count). The topological polar surface area (TPSA) is 67.5 Å². The predicted octanol–water partition coefficient (Wildman–Crippen LogP) is 3.73. The van der Waals surface area contributed by atoms with E-state index in [4.69, 9.17) is 9.47 Å². The first-order chi connectivity index (χ1) is 13.3. The summed E-state index contributed by atoms with van der Waals surface area (Å²) in [4.78, 5) is 16.1. The standard InChI is InChI=1S/C20H21N3O3S/c1-25-11-6-10-23-19(13-7-3-4-8-14(13)26-2)16-17(15-9-5-12-27-15)21-22-18(16)20(23)24/h3-5,7-9,12,19H,6,10-11H2,1-2H3,(H,21,22). The zero-order valence-electron chi connectivity index (χ0n) is 15.3. The lowest BCUT2D eigenvalue weighted by Crippen LogP contribution is -2.31. The Labute approximate surface area is 161 Å². The lowest BCUT2D eigenvalue weighted by Gasteiger charge is -2.27. The summed E-state index contributed by atoms with van der Waals surface area (Å²) in [6, 6.07) is 11.6. The summed E-state index contributed by atoms with van der Waals surface area (Å²) in [6.07, 6.45) is 0.760. The van der Waals surface area contributed by atoms with Crippen LogP contribution in [0.5, 0.6) is 5.75 Å². The molecular formula is C20H21N3O3S. The van der Waals surface area contributed by atoms with E-state index in [1.807, 2.05) is 46.7 Å². The van der Waals surface area contributed by atoms with Crippen molar-refractivity contribution in [1.82, 2.24) is 15.1 Å². The van der Waals surface area contributed by atoms with Gasteiger partial charge in [-0.25, -0.2) is 0 Å². The minimum atomic E-state index is -0.239. The van der Waals surface area contributed by atoms with Gasteiger partial charge in [0, 0.05) is 31.4 Å². The van der Waals surface area contributed by atoms with Gasteiger partial charge >= 0.3 is 0 Å². The molecule has 1 aliphatic rings. The number of ether oxygens (including phenoxy) is 2. The van der Waals surface area contributed by atoms with Crippen LogP contribution in [0.25, 0.3) is 10.6 Å². The lowest BCUT2D eigenvalue weighted by molar-refractivity contribution is 0.0722. The van der Waals surface area contributed by atoms with Crippen molar-refractivity contribution in [2.75, 3.05) is 27.4 Å². The highest BCUT2D eigenvalue weighted by Gasteiger charge is 2.43. The number of aromatic nitrogens is 2. The number of fused-ring (bicyclic) bond motifs is 1. The Morgan fingerprint density at radius 3 is 2.81 bits per heavy atom. The summed E-state index contributed by atoms with van der Waals surface area (Å²) >= 11 is 1.63. The average molecular weight is 383 g/mol. The summed E-state index contributed by atoms with van der Waals surface area (Å²) in [5, 5.41) is 9.46. The average Bonchev–Trinajstić information content (AvgIpc) is 3.41. The number of thiophene rings is 1. The second-order valence-corrected chi connectivity index (χ2v) is 7.28. The van der Waals surface area contributed by atoms with Crippen LogP contribution in [0.4, 0.5) is 0 Å². The van der Waals surface area contributed by atoms with Gasteiger partial charge in [0.25, 0.3) is 5.91 Å². The number of H-pyrrole nitrogens is 1. The zero-order valence-corrected chi connectivity index (χ0v) is 16.1. The predicted molar refractivity (Wildman–Crippen MR) is 104 cm³/mol. The van der Waals surface area contributed by atoms with Gasteiger partial charge in [-0.3, -0.25) is 9.89 Å². The number of carbonyl (C=O) groups excluding carboxylic acids is 1. The Hall–Kier alpha value is -2.64. The van der Waals surface area contributed by atoms with Crippen LogP contribution in [0.1, 0.15) is 34.1 Å². The first kappa shape index (κ1) is 17.8. The number of nitrogens with one attached hydrogen (secondary N) is 1. The molecule has 3 aromatic rings. The molecule has 1 aliphatic heterocycles. The molecule has 1 N–H and O–H groups in total. The van der Waals surface area contributed by atoms with Gasteiger partial charge in [0.2, 0.25) is 0 Å². The minimum absolute atomic E-state index is 0.0592. The first-order valence-electron chi connectivity index (χ1n) is 8.81. The molecule has 27 heavy (non-hydrogen) atoms. The van der Waals surface area contributed by atoms with E-state index in [1.54, 1.807) is 25.6 Å². The van der Waals surface area contributed by atoms with Gasteiger partial charge in [-0.2, -0.15) is 5.10 Å². The normalized spacial score (nSPS) is 16.0. The van der Waals surface area contributed by atoms with E-state index < -0.39 is 0 Å². The highest BCUT2D eigenvalue weighted by molar-refractivity contribution is 7.13. The Morgan fingerprint density at radius 1 is 1.22 bits per heavy atom. The van der Waals surface area contributed by atoms with Crippen LogP contribution in [0.3, 0.4) is 0 Å². The van der Waals surface area contributed by atoms with Crippen molar-refractivity contribution in [1.29, 1.82) is 0 Å². The molecule has 0 bridgehead atoms. The minimum Gasteiger partial charge on any atom is -0.496 e. The smallest absolute Gasteiger partial charge is 0.275 e. The van der Waals surface area contributed by atoms with E-state index in [9.17, 15) is 4.79 Å². The van der Waals surface area contributed by atoms with Gasteiger partial charge in [-0.05, 0) is 23.9 Å². The highest BCUT2D eigenvalue weighted by Crippen LogP contribution is 2.45. The van der Waals surface area contributed by atoms with Gasteiger partial charge in [0.05, 0.1) is 23.7 Å². The van der Waals surface area contributed by atoms with E-state index in [0.29, 0.717) is 18.8 Å². The second kappa shape index (κ2) is 7.54. The molecule has 140 valence electrons. The third-order valence-corrected chi connectivity index (χ3v) is 5.69. The number of benzene rings is 1. The van der Waals surface area contributed by atoms with Gasteiger partial charge < -0.3 is 14.4 Å². The van der Waals surface area contributed by atoms with E-state index in [1.165, 1.54) is 0 Å². The maximum absolute atomic E-state index is 13.1.